The SMILES string of the molecule is C=CCC(C(C)=O)S(=O)c1ccccc1. The van der Waals surface area contributed by atoms with Crippen LogP contribution < -0.4 is 0 Å². The molecular formula is C12H14O2S. The van der Waals surface area contributed by atoms with Crippen LogP contribution in [0, 0.1) is 0 Å². The van der Waals surface area contributed by atoms with Crippen LogP contribution in [0.3, 0.4) is 0 Å². The Morgan fingerprint density at radius 1 is 1.47 bits per heavy atom. The lowest BCUT2D eigenvalue weighted by atomic mass is 10.2. The molecule has 2 nitrogen and oxygen atoms in total. The van der Waals surface area contributed by atoms with E-state index in [9.17, 15) is 9.00 Å². The maximum atomic E-state index is 12.0. The van der Waals surface area contributed by atoms with E-state index in [0.717, 1.165) is 0 Å². The van der Waals surface area contributed by atoms with Crippen molar-refractivity contribution >= 4 is 16.6 Å². The summed E-state index contributed by atoms with van der Waals surface area (Å²) < 4.78 is 12.0. The molecule has 0 amide bonds. The third-order valence-electron chi connectivity index (χ3n) is 2.07. The summed E-state index contributed by atoms with van der Waals surface area (Å²) in [6, 6.07) is 9.04. The highest BCUT2D eigenvalue weighted by Gasteiger charge is 2.21. The summed E-state index contributed by atoms with van der Waals surface area (Å²) in [5.74, 6) is -0.0583. The molecule has 1 aromatic rings. The predicted octanol–water partition coefficient (Wildman–Crippen LogP) is 2.33. The molecule has 15 heavy (non-hydrogen) atoms. The van der Waals surface area contributed by atoms with Crippen LogP contribution in [0.15, 0.2) is 47.9 Å². The van der Waals surface area contributed by atoms with Gasteiger partial charge in [0.25, 0.3) is 0 Å². The zero-order valence-electron chi connectivity index (χ0n) is 8.68. The van der Waals surface area contributed by atoms with Gasteiger partial charge < -0.3 is 0 Å². The molecule has 1 rings (SSSR count). The van der Waals surface area contributed by atoms with Gasteiger partial charge in [0.15, 0.2) is 0 Å². The number of carbonyl (C=O) groups excluding carboxylic acids is 1. The normalized spacial score (nSPS) is 14.2. The summed E-state index contributed by atoms with van der Waals surface area (Å²) in [6.45, 7) is 5.04. The first-order valence-electron chi connectivity index (χ1n) is 4.73. The van der Waals surface area contributed by atoms with Crippen LogP contribution >= 0.6 is 0 Å². The quantitative estimate of drug-likeness (QED) is 0.716. The van der Waals surface area contributed by atoms with Crippen LogP contribution in [-0.4, -0.2) is 15.2 Å². The lowest BCUT2D eigenvalue weighted by Gasteiger charge is -2.10. The van der Waals surface area contributed by atoms with Crippen molar-refractivity contribution in [2.45, 2.75) is 23.5 Å². The van der Waals surface area contributed by atoms with Crippen LogP contribution in [-0.2, 0) is 15.6 Å². The summed E-state index contributed by atoms with van der Waals surface area (Å²) in [7, 11) is -1.27. The fraction of sp³-hybridized carbons (Fsp3) is 0.250. The highest BCUT2D eigenvalue weighted by molar-refractivity contribution is 7.86. The van der Waals surface area contributed by atoms with E-state index in [-0.39, 0.29) is 5.78 Å². The highest BCUT2D eigenvalue weighted by atomic mass is 32.2. The fourth-order valence-corrected chi connectivity index (χ4v) is 2.64. The van der Waals surface area contributed by atoms with Crippen molar-refractivity contribution in [3.63, 3.8) is 0 Å². The summed E-state index contributed by atoms with van der Waals surface area (Å²) in [4.78, 5) is 12.0. The Morgan fingerprint density at radius 2 is 2.07 bits per heavy atom. The smallest absolute Gasteiger partial charge is 0.146 e. The van der Waals surface area contributed by atoms with E-state index in [2.05, 4.69) is 6.58 Å². The number of Topliss-reactive ketones (excluding diaryl/α,β-unsaturated/α-hetero) is 1. The third-order valence-corrected chi connectivity index (χ3v) is 3.85. The molecule has 0 radical (unpaired) electrons. The molecule has 0 bridgehead atoms. The van der Waals surface area contributed by atoms with Crippen molar-refractivity contribution in [2.75, 3.05) is 0 Å². The van der Waals surface area contributed by atoms with Crippen molar-refractivity contribution in [1.82, 2.24) is 0 Å². The Balaban J connectivity index is 2.91. The molecule has 0 saturated heterocycles. The van der Waals surface area contributed by atoms with Crippen LogP contribution in [0.25, 0.3) is 0 Å². The molecule has 2 unspecified atom stereocenters. The highest BCUT2D eigenvalue weighted by Crippen LogP contribution is 2.14. The Morgan fingerprint density at radius 3 is 2.53 bits per heavy atom. The monoisotopic (exact) mass is 222 g/mol. The number of hydrogen-bond acceptors (Lipinski definition) is 2. The summed E-state index contributed by atoms with van der Waals surface area (Å²) in [5.41, 5.74) is 0. The number of hydrogen-bond donors (Lipinski definition) is 0. The van der Waals surface area contributed by atoms with E-state index in [1.165, 1.54) is 6.92 Å². The molecule has 2 atom stereocenters. The molecular weight excluding hydrogens is 208 g/mol. The minimum absolute atomic E-state index is 0.0583. The van der Waals surface area contributed by atoms with Crippen LogP contribution in [0.5, 0.6) is 0 Å². The van der Waals surface area contributed by atoms with Crippen molar-refractivity contribution in [2.24, 2.45) is 0 Å². The first kappa shape index (κ1) is 11.9. The van der Waals surface area contributed by atoms with Crippen LogP contribution in [0.4, 0.5) is 0 Å². The van der Waals surface area contributed by atoms with Crippen LogP contribution in [0.1, 0.15) is 13.3 Å². The molecule has 0 fully saturated rings. The number of carbonyl (C=O) groups is 1. The van der Waals surface area contributed by atoms with Gasteiger partial charge in [-0.1, -0.05) is 24.3 Å². The average molecular weight is 222 g/mol. The predicted molar refractivity (Wildman–Crippen MR) is 62.1 cm³/mol. The van der Waals surface area contributed by atoms with Crippen molar-refractivity contribution < 1.29 is 9.00 Å². The fourth-order valence-electron chi connectivity index (χ4n) is 1.27. The molecule has 1 aromatic carbocycles. The average Bonchev–Trinajstić information content (AvgIpc) is 2.26. The minimum atomic E-state index is -1.27. The summed E-state index contributed by atoms with van der Waals surface area (Å²) >= 11 is 0. The van der Waals surface area contributed by atoms with Crippen molar-refractivity contribution in [1.29, 1.82) is 0 Å². The van der Waals surface area contributed by atoms with Gasteiger partial charge in [-0.05, 0) is 25.5 Å². The van der Waals surface area contributed by atoms with E-state index in [1.54, 1.807) is 18.2 Å². The van der Waals surface area contributed by atoms with E-state index in [0.29, 0.717) is 11.3 Å². The molecule has 0 saturated carbocycles. The van der Waals surface area contributed by atoms with E-state index in [1.807, 2.05) is 18.2 Å². The van der Waals surface area contributed by atoms with E-state index in [4.69, 9.17) is 0 Å². The Hall–Kier alpha value is -1.22. The summed E-state index contributed by atoms with van der Waals surface area (Å²) in [6.07, 6.45) is 2.09. The molecule has 0 heterocycles. The number of ketones is 1. The second-order valence-electron chi connectivity index (χ2n) is 3.23. The molecule has 3 heteroatoms. The van der Waals surface area contributed by atoms with Crippen LogP contribution in [0.2, 0.25) is 0 Å². The largest absolute Gasteiger partial charge is 0.299 e. The van der Waals surface area contributed by atoms with Gasteiger partial charge in [-0.15, -0.1) is 6.58 Å². The zero-order chi connectivity index (χ0) is 11.3. The van der Waals surface area contributed by atoms with Gasteiger partial charge in [0, 0.05) is 4.90 Å². The molecule has 0 spiro atoms. The maximum Gasteiger partial charge on any atom is 0.146 e. The molecule has 0 N–H and O–H groups in total. The second-order valence-corrected chi connectivity index (χ2v) is 4.87. The number of allylic oxidation sites excluding steroid dienone is 1. The Bertz CT molecular complexity index is 370. The Kier molecular flexibility index (Phi) is 4.43. The number of rotatable bonds is 5. The maximum absolute atomic E-state index is 12.0. The first-order valence-corrected chi connectivity index (χ1v) is 5.95. The topological polar surface area (TPSA) is 34.1 Å². The standard InChI is InChI=1S/C12H14O2S/c1-3-7-12(10(2)13)15(14)11-8-5-4-6-9-11/h3-6,8-9,12H,1,7H2,2H3. The zero-order valence-corrected chi connectivity index (χ0v) is 9.50. The Labute approximate surface area is 92.5 Å². The third kappa shape index (κ3) is 3.13. The molecule has 0 aromatic heterocycles. The minimum Gasteiger partial charge on any atom is -0.299 e. The van der Waals surface area contributed by atoms with Crippen molar-refractivity contribution in [3.8, 4) is 0 Å². The molecule has 0 aliphatic rings. The molecule has 0 aliphatic heterocycles. The van der Waals surface area contributed by atoms with Gasteiger partial charge in [-0.3, -0.25) is 9.00 Å². The van der Waals surface area contributed by atoms with Crippen molar-refractivity contribution in [3.05, 3.63) is 43.0 Å². The molecule has 0 aliphatic carbocycles. The van der Waals surface area contributed by atoms with Gasteiger partial charge in [0.05, 0.1) is 10.8 Å². The number of benzene rings is 1. The second kappa shape index (κ2) is 5.61. The van der Waals surface area contributed by atoms with Gasteiger partial charge in [0.2, 0.25) is 0 Å². The van der Waals surface area contributed by atoms with Gasteiger partial charge in [-0.25, -0.2) is 0 Å². The van der Waals surface area contributed by atoms with E-state index >= 15 is 0 Å². The lowest BCUT2D eigenvalue weighted by molar-refractivity contribution is -0.116. The van der Waals surface area contributed by atoms with Gasteiger partial charge >= 0.3 is 0 Å². The lowest BCUT2D eigenvalue weighted by Crippen LogP contribution is -2.23. The molecule has 80 valence electrons. The van der Waals surface area contributed by atoms with Gasteiger partial charge in [-0.2, -0.15) is 0 Å². The van der Waals surface area contributed by atoms with Gasteiger partial charge in [0.1, 0.15) is 11.0 Å². The van der Waals surface area contributed by atoms with E-state index < -0.39 is 16.0 Å². The first-order chi connectivity index (χ1) is 7.16. The summed E-state index contributed by atoms with van der Waals surface area (Å²) in [5, 5.41) is -0.468.